The maximum Gasteiger partial charge on any atom is 0.217 e. The number of hydrogen-bond donors (Lipinski definition) is 1. The van der Waals surface area contributed by atoms with Crippen LogP contribution in [0, 0.1) is 11.7 Å². The van der Waals surface area contributed by atoms with E-state index in [1.807, 2.05) is 0 Å². The standard InChI is InChI=1S/C14H19FN2O/c1-10-7-13(16-11(2)18)9-17(8-10)14-5-3-12(15)4-6-14/h3-6,10,13H,7-9H2,1-2H3,(H,16,18). The minimum absolute atomic E-state index is 0.00755. The van der Waals surface area contributed by atoms with E-state index < -0.39 is 0 Å². The topological polar surface area (TPSA) is 32.3 Å². The molecule has 1 aromatic rings. The van der Waals surface area contributed by atoms with Crippen molar-refractivity contribution in [2.45, 2.75) is 26.3 Å². The Bertz CT molecular complexity index is 418. The van der Waals surface area contributed by atoms with Crippen LogP contribution in [0.25, 0.3) is 0 Å². The molecule has 98 valence electrons. The second-order valence-electron chi connectivity index (χ2n) is 5.12. The third-order valence-corrected chi connectivity index (χ3v) is 3.26. The maximum atomic E-state index is 12.9. The molecule has 4 heteroatoms. The first-order valence-corrected chi connectivity index (χ1v) is 6.32. The third kappa shape index (κ3) is 3.22. The largest absolute Gasteiger partial charge is 0.369 e. The molecule has 0 saturated carbocycles. The van der Waals surface area contributed by atoms with Crippen LogP contribution in [0.15, 0.2) is 24.3 Å². The number of benzene rings is 1. The molecular weight excluding hydrogens is 231 g/mol. The van der Waals surface area contributed by atoms with Crippen molar-refractivity contribution in [3.63, 3.8) is 0 Å². The lowest BCUT2D eigenvalue weighted by Crippen LogP contribution is -2.50. The number of carbonyl (C=O) groups is 1. The molecule has 0 aromatic heterocycles. The van der Waals surface area contributed by atoms with Gasteiger partial charge >= 0.3 is 0 Å². The molecule has 0 radical (unpaired) electrons. The van der Waals surface area contributed by atoms with Gasteiger partial charge in [0.05, 0.1) is 0 Å². The lowest BCUT2D eigenvalue weighted by Gasteiger charge is -2.38. The highest BCUT2D eigenvalue weighted by molar-refractivity contribution is 5.73. The fourth-order valence-electron chi connectivity index (χ4n) is 2.61. The van der Waals surface area contributed by atoms with Gasteiger partial charge in [0.25, 0.3) is 0 Å². The Morgan fingerprint density at radius 1 is 1.33 bits per heavy atom. The van der Waals surface area contributed by atoms with E-state index in [9.17, 15) is 9.18 Å². The number of nitrogens with zero attached hydrogens (tertiary/aromatic N) is 1. The van der Waals surface area contributed by atoms with Gasteiger partial charge in [-0.1, -0.05) is 6.92 Å². The molecular formula is C14H19FN2O. The number of nitrogens with one attached hydrogen (secondary N) is 1. The minimum atomic E-state index is -0.220. The van der Waals surface area contributed by atoms with E-state index in [1.54, 1.807) is 19.1 Å². The van der Waals surface area contributed by atoms with E-state index in [4.69, 9.17) is 0 Å². The van der Waals surface area contributed by atoms with Gasteiger partial charge in [-0.15, -0.1) is 0 Å². The quantitative estimate of drug-likeness (QED) is 0.872. The van der Waals surface area contributed by atoms with E-state index >= 15 is 0 Å². The summed E-state index contributed by atoms with van der Waals surface area (Å²) in [5.41, 5.74) is 1.01. The Labute approximate surface area is 107 Å². The van der Waals surface area contributed by atoms with Crippen LogP contribution in [0.1, 0.15) is 20.3 Å². The second-order valence-corrected chi connectivity index (χ2v) is 5.12. The zero-order chi connectivity index (χ0) is 13.1. The summed E-state index contributed by atoms with van der Waals surface area (Å²) >= 11 is 0. The fraction of sp³-hybridized carbons (Fsp3) is 0.500. The van der Waals surface area contributed by atoms with Crippen molar-refractivity contribution in [2.75, 3.05) is 18.0 Å². The maximum absolute atomic E-state index is 12.9. The monoisotopic (exact) mass is 250 g/mol. The first kappa shape index (κ1) is 12.9. The lowest BCUT2D eigenvalue weighted by molar-refractivity contribution is -0.119. The smallest absolute Gasteiger partial charge is 0.217 e. The Morgan fingerprint density at radius 2 is 2.00 bits per heavy atom. The summed E-state index contributed by atoms with van der Waals surface area (Å²) in [6.07, 6.45) is 0.997. The SMILES string of the molecule is CC(=O)NC1CC(C)CN(c2ccc(F)cc2)C1. The van der Waals surface area contributed by atoms with Gasteiger partial charge in [0.15, 0.2) is 0 Å². The molecule has 1 heterocycles. The van der Waals surface area contributed by atoms with E-state index in [2.05, 4.69) is 17.1 Å². The normalized spacial score (nSPS) is 23.8. The Morgan fingerprint density at radius 3 is 2.61 bits per heavy atom. The van der Waals surface area contributed by atoms with Crippen molar-refractivity contribution in [3.05, 3.63) is 30.1 Å². The lowest BCUT2D eigenvalue weighted by atomic mass is 9.95. The Hall–Kier alpha value is -1.58. The Kier molecular flexibility index (Phi) is 3.84. The van der Waals surface area contributed by atoms with E-state index in [0.717, 1.165) is 25.2 Å². The van der Waals surface area contributed by atoms with Crippen molar-refractivity contribution in [2.24, 2.45) is 5.92 Å². The number of halogens is 1. The zero-order valence-corrected chi connectivity index (χ0v) is 10.8. The highest BCUT2D eigenvalue weighted by atomic mass is 19.1. The van der Waals surface area contributed by atoms with Crippen LogP contribution in [0.5, 0.6) is 0 Å². The highest BCUT2D eigenvalue weighted by Gasteiger charge is 2.25. The van der Waals surface area contributed by atoms with Crippen molar-refractivity contribution >= 4 is 11.6 Å². The van der Waals surface area contributed by atoms with Crippen LogP contribution in [-0.2, 0) is 4.79 Å². The zero-order valence-electron chi connectivity index (χ0n) is 10.8. The first-order valence-electron chi connectivity index (χ1n) is 6.32. The second kappa shape index (κ2) is 5.38. The summed E-state index contributed by atoms with van der Waals surface area (Å²) in [5, 5.41) is 2.97. The summed E-state index contributed by atoms with van der Waals surface area (Å²) in [5.74, 6) is 0.302. The van der Waals surface area contributed by atoms with E-state index in [0.29, 0.717) is 5.92 Å². The van der Waals surface area contributed by atoms with Crippen molar-refractivity contribution in [1.29, 1.82) is 0 Å². The number of rotatable bonds is 2. The average Bonchev–Trinajstić information content (AvgIpc) is 2.28. The molecule has 0 bridgehead atoms. The molecule has 2 unspecified atom stereocenters. The van der Waals surface area contributed by atoms with E-state index in [-0.39, 0.29) is 17.8 Å². The number of carbonyl (C=O) groups excluding carboxylic acids is 1. The van der Waals surface area contributed by atoms with Gasteiger partial charge in [0.2, 0.25) is 5.91 Å². The van der Waals surface area contributed by atoms with Crippen LogP contribution in [0.4, 0.5) is 10.1 Å². The molecule has 3 nitrogen and oxygen atoms in total. The van der Waals surface area contributed by atoms with Gasteiger partial charge in [-0.05, 0) is 36.6 Å². The van der Waals surface area contributed by atoms with Crippen LogP contribution in [0.2, 0.25) is 0 Å². The average molecular weight is 250 g/mol. The molecule has 1 N–H and O–H groups in total. The minimum Gasteiger partial charge on any atom is -0.369 e. The summed E-state index contributed by atoms with van der Waals surface area (Å²) in [4.78, 5) is 13.3. The van der Waals surface area contributed by atoms with Gasteiger partial charge in [-0.25, -0.2) is 4.39 Å². The molecule has 0 spiro atoms. The van der Waals surface area contributed by atoms with Crippen molar-refractivity contribution in [1.82, 2.24) is 5.32 Å². The molecule has 2 atom stereocenters. The number of hydrogen-bond acceptors (Lipinski definition) is 2. The van der Waals surface area contributed by atoms with E-state index in [1.165, 1.54) is 12.1 Å². The molecule has 1 fully saturated rings. The number of amides is 1. The van der Waals surface area contributed by atoms with Crippen molar-refractivity contribution in [3.8, 4) is 0 Å². The summed E-state index contributed by atoms with van der Waals surface area (Å²) in [7, 11) is 0. The molecule has 1 amide bonds. The van der Waals surface area contributed by atoms with Gasteiger partial charge in [0, 0.05) is 31.7 Å². The van der Waals surface area contributed by atoms with Crippen LogP contribution >= 0.6 is 0 Å². The van der Waals surface area contributed by atoms with Crippen LogP contribution in [-0.4, -0.2) is 25.0 Å². The predicted octanol–water partition coefficient (Wildman–Crippen LogP) is 2.18. The van der Waals surface area contributed by atoms with Crippen LogP contribution in [0.3, 0.4) is 0 Å². The van der Waals surface area contributed by atoms with Gasteiger partial charge in [-0.2, -0.15) is 0 Å². The summed E-state index contributed by atoms with van der Waals surface area (Å²) in [6, 6.07) is 6.71. The fourth-order valence-corrected chi connectivity index (χ4v) is 2.61. The van der Waals surface area contributed by atoms with Gasteiger partial charge in [0.1, 0.15) is 5.82 Å². The molecule has 1 aliphatic heterocycles. The Balaban J connectivity index is 2.08. The molecule has 18 heavy (non-hydrogen) atoms. The van der Waals surface area contributed by atoms with Crippen molar-refractivity contribution < 1.29 is 9.18 Å². The molecule has 0 aliphatic carbocycles. The van der Waals surface area contributed by atoms with Crippen LogP contribution < -0.4 is 10.2 Å². The van der Waals surface area contributed by atoms with Gasteiger partial charge < -0.3 is 10.2 Å². The number of piperidine rings is 1. The molecule has 2 rings (SSSR count). The number of anilines is 1. The summed E-state index contributed by atoms with van der Waals surface area (Å²) < 4.78 is 12.9. The third-order valence-electron chi connectivity index (χ3n) is 3.26. The molecule has 1 saturated heterocycles. The highest BCUT2D eigenvalue weighted by Crippen LogP contribution is 2.23. The predicted molar refractivity (Wildman–Crippen MR) is 70.0 cm³/mol. The molecule has 1 aliphatic rings. The molecule has 1 aromatic carbocycles. The first-order chi connectivity index (χ1) is 8.54. The van der Waals surface area contributed by atoms with Gasteiger partial charge in [-0.3, -0.25) is 4.79 Å². The summed E-state index contributed by atoms with van der Waals surface area (Å²) in [6.45, 7) is 5.45.